The molecule has 2 heterocycles. The molecule has 0 atom stereocenters. The maximum Gasteiger partial charge on any atom is 0.368 e. The Morgan fingerprint density at radius 1 is 1.26 bits per heavy atom. The Morgan fingerprint density at radius 3 is 2.74 bits per heavy atom. The average Bonchev–Trinajstić information content (AvgIpc) is 2.94. The first-order chi connectivity index (χ1) is 11.0. The van der Waals surface area contributed by atoms with Gasteiger partial charge in [-0.3, -0.25) is 0 Å². The summed E-state index contributed by atoms with van der Waals surface area (Å²) in [5.41, 5.74) is 1.37. The molecule has 0 radical (unpaired) electrons. The van der Waals surface area contributed by atoms with Crippen LogP contribution in [0.5, 0.6) is 0 Å². The number of halogens is 2. The summed E-state index contributed by atoms with van der Waals surface area (Å²) in [5.74, 6) is 0.398. The molecule has 23 heavy (non-hydrogen) atoms. The van der Waals surface area contributed by atoms with Crippen molar-refractivity contribution in [3.8, 4) is 0 Å². The molecule has 118 valence electrons. The van der Waals surface area contributed by atoms with Crippen molar-refractivity contribution in [3.05, 3.63) is 62.3 Å². The highest BCUT2D eigenvalue weighted by molar-refractivity contribution is 6.42. The van der Waals surface area contributed by atoms with Gasteiger partial charge in [0.25, 0.3) is 0 Å². The number of benzene rings is 1. The summed E-state index contributed by atoms with van der Waals surface area (Å²) < 4.78 is 1.21. The summed E-state index contributed by atoms with van der Waals surface area (Å²) in [5, 5.41) is 16.2. The van der Waals surface area contributed by atoms with E-state index in [1.54, 1.807) is 24.3 Å². The van der Waals surface area contributed by atoms with Gasteiger partial charge >= 0.3 is 5.82 Å². The number of imidazole rings is 1. The molecular formula is C14H11Cl2N5O2. The van der Waals surface area contributed by atoms with Gasteiger partial charge in [-0.25, -0.2) is 4.98 Å². The summed E-state index contributed by atoms with van der Waals surface area (Å²) >= 11 is 11.9. The minimum absolute atomic E-state index is 0.176. The summed E-state index contributed by atoms with van der Waals surface area (Å²) in [6.45, 7) is 0.526. The van der Waals surface area contributed by atoms with Crippen LogP contribution in [0.25, 0.3) is 5.65 Å². The molecule has 0 N–H and O–H groups in total. The molecule has 0 unspecified atom stereocenters. The molecule has 7 nitrogen and oxygen atoms in total. The Morgan fingerprint density at radius 2 is 2.04 bits per heavy atom. The minimum Gasteiger partial charge on any atom is -0.358 e. The second-order valence-electron chi connectivity index (χ2n) is 4.94. The molecule has 0 saturated heterocycles. The Kier molecular flexibility index (Phi) is 4.06. The highest BCUT2D eigenvalue weighted by Crippen LogP contribution is 2.24. The molecule has 3 rings (SSSR count). The van der Waals surface area contributed by atoms with Crippen molar-refractivity contribution in [3.63, 3.8) is 0 Å². The number of nitrogens with zero attached hydrogens (tertiary/aromatic N) is 5. The van der Waals surface area contributed by atoms with E-state index in [-0.39, 0.29) is 5.82 Å². The van der Waals surface area contributed by atoms with E-state index >= 15 is 0 Å². The first-order valence-corrected chi connectivity index (χ1v) is 7.35. The molecule has 0 aliphatic rings. The quantitative estimate of drug-likeness (QED) is 0.530. The van der Waals surface area contributed by atoms with Gasteiger partial charge in [0, 0.05) is 19.7 Å². The number of hydrogen-bond acceptors (Lipinski definition) is 5. The van der Waals surface area contributed by atoms with Crippen LogP contribution in [0, 0.1) is 10.1 Å². The van der Waals surface area contributed by atoms with Gasteiger partial charge in [0.15, 0.2) is 5.82 Å². The maximum absolute atomic E-state index is 11.0. The van der Waals surface area contributed by atoms with Crippen LogP contribution in [0.3, 0.4) is 0 Å². The molecule has 9 heteroatoms. The highest BCUT2D eigenvalue weighted by Gasteiger charge is 2.17. The fourth-order valence-corrected chi connectivity index (χ4v) is 2.49. The summed E-state index contributed by atoms with van der Waals surface area (Å²) in [4.78, 5) is 16.3. The smallest absolute Gasteiger partial charge is 0.358 e. The first-order valence-electron chi connectivity index (χ1n) is 6.60. The molecule has 0 bridgehead atoms. The van der Waals surface area contributed by atoms with Crippen molar-refractivity contribution in [2.24, 2.45) is 0 Å². The molecule has 3 aromatic rings. The van der Waals surface area contributed by atoms with Crippen molar-refractivity contribution in [2.75, 3.05) is 11.9 Å². The molecule has 2 aromatic heterocycles. The normalized spacial score (nSPS) is 10.9. The van der Waals surface area contributed by atoms with Gasteiger partial charge < -0.3 is 15.0 Å². The van der Waals surface area contributed by atoms with Crippen molar-refractivity contribution in [2.45, 2.75) is 6.54 Å². The third-order valence-electron chi connectivity index (χ3n) is 3.31. The molecular weight excluding hydrogens is 341 g/mol. The van der Waals surface area contributed by atoms with Crippen LogP contribution in [0.4, 0.5) is 11.6 Å². The van der Waals surface area contributed by atoms with E-state index < -0.39 is 4.92 Å². The molecule has 0 amide bonds. The lowest BCUT2D eigenvalue weighted by atomic mass is 10.2. The fourth-order valence-electron chi connectivity index (χ4n) is 2.17. The van der Waals surface area contributed by atoms with Crippen LogP contribution in [-0.4, -0.2) is 26.6 Å². The van der Waals surface area contributed by atoms with Gasteiger partial charge in [-0.2, -0.15) is 0 Å². The maximum atomic E-state index is 11.0. The van der Waals surface area contributed by atoms with E-state index in [1.165, 1.54) is 10.7 Å². The van der Waals surface area contributed by atoms with Crippen LogP contribution >= 0.6 is 23.2 Å². The first kappa shape index (κ1) is 15.5. The lowest BCUT2D eigenvalue weighted by Crippen LogP contribution is -2.18. The topological polar surface area (TPSA) is 76.6 Å². The Hall–Kier alpha value is -2.38. The molecule has 0 saturated carbocycles. The minimum atomic E-state index is -0.518. The molecule has 0 aliphatic carbocycles. The zero-order valence-electron chi connectivity index (χ0n) is 12.0. The second-order valence-corrected chi connectivity index (χ2v) is 5.75. The van der Waals surface area contributed by atoms with Crippen molar-refractivity contribution < 1.29 is 4.92 Å². The summed E-state index contributed by atoms with van der Waals surface area (Å²) in [6, 6.07) is 8.80. The van der Waals surface area contributed by atoms with Crippen LogP contribution in [0.2, 0.25) is 10.0 Å². The lowest BCUT2D eigenvalue weighted by molar-refractivity contribution is -0.391. The molecule has 0 fully saturated rings. The Balaban J connectivity index is 1.90. The van der Waals surface area contributed by atoms with E-state index in [0.717, 1.165) is 5.56 Å². The van der Waals surface area contributed by atoms with Crippen molar-refractivity contribution in [1.29, 1.82) is 0 Å². The molecule has 1 aromatic carbocycles. The second kappa shape index (κ2) is 6.02. The van der Waals surface area contributed by atoms with Gasteiger partial charge in [0.2, 0.25) is 5.65 Å². The van der Waals surface area contributed by atoms with E-state index in [4.69, 9.17) is 23.2 Å². The highest BCUT2D eigenvalue weighted by atomic mass is 35.5. The number of aromatic nitrogens is 3. The van der Waals surface area contributed by atoms with Gasteiger partial charge in [-0.1, -0.05) is 38.9 Å². The van der Waals surface area contributed by atoms with Crippen LogP contribution in [-0.2, 0) is 6.54 Å². The van der Waals surface area contributed by atoms with Gasteiger partial charge in [-0.05, 0) is 28.7 Å². The van der Waals surface area contributed by atoms with Gasteiger partial charge in [0.05, 0.1) is 10.0 Å². The number of anilines is 1. The van der Waals surface area contributed by atoms with E-state index in [1.807, 2.05) is 18.0 Å². The predicted octanol–water partition coefficient (Wildman–Crippen LogP) is 3.58. The SMILES string of the molecule is CN(Cc1ccc(Cl)c(Cl)c1)c1ccc2ncc([N+](=O)[O-])n2n1. The lowest BCUT2D eigenvalue weighted by Gasteiger charge is -2.17. The summed E-state index contributed by atoms with van der Waals surface area (Å²) in [6.07, 6.45) is 1.19. The van der Waals surface area contributed by atoms with Crippen molar-refractivity contribution in [1.82, 2.24) is 14.6 Å². The van der Waals surface area contributed by atoms with Crippen molar-refractivity contribution >= 4 is 40.5 Å². The van der Waals surface area contributed by atoms with E-state index in [9.17, 15) is 10.1 Å². The number of nitro groups is 1. The Bertz CT molecular complexity index is 896. The number of rotatable bonds is 4. The molecule has 0 aliphatic heterocycles. The monoisotopic (exact) mass is 351 g/mol. The van der Waals surface area contributed by atoms with Gasteiger partial charge in [0.1, 0.15) is 6.20 Å². The third kappa shape index (κ3) is 3.06. The van der Waals surface area contributed by atoms with Crippen LogP contribution in [0.15, 0.2) is 36.5 Å². The summed E-state index contributed by atoms with van der Waals surface area (Å²) in [7, 11) is 1.83. The third-order valence-corrected chi connectivity index (χ3v) is 4.05. The van der Waals surface area contributed by atoms with E-state index in [0.29, 0.717) is 28.1 Å². The fraction of sp³-hybridized carbons (Fsp3) is 0.143. The average molecular weight is 352 g/mol. The molecule has 0 spiro atoms. The standard InChI is InChI=1S/C14H11Cl2N5O2/c1-19(8-9-2-3-10(15)11(16)6-9)13-5-4-12-17-7-14(21(22)23)20(12)18-13/h2-7H,8H2,1H3. The number of hydrogen-bond donors (Lipinski definition) is 0. The number of fused-ring (bicyclic) bond motifs is 1. The van der Waals surface area contributed by atoms with Crippen LogP contribution < -0.4 is 4.90 Å². The van der Waals surface area contributed by atoms with Crippen LogP contribution in [0.1, 0.15) is 5.56 Å². The predicted molar refractivity (Wildman–Crippen MR) is 88.2 cm³/mol. The Labute approximate surface area is 141 Å². The van der Waals surface area contributed by atoms with E-state index in [2.05, 4.69) is 10.1 Å². The van der Waals surface area contributed by atoms with Gasteiger partial charge in [-0.15, -0.1) is 0 Å². The zero-order valence-corrected chi connectivity index (χ0v) is 13.5. The zero-order chi connectivity index (χ0) is 16.6. The largest absolute Gasteiger partial charge is 0.368 e.